The van der Waals surface area contributed by atoms with E-state index in [1.165, 1.54) is 25.0 Å². The number of aromatic nitrogens is 2. The molecule has 0 saturated heterocycles. The Labute approximate surface area is 116 Å². The molecule has 0 aromatic carbocycles. The predicted octanol–water partition coefficient (Wildman–Crippen LogP) is 3.14. The lowest BCUT2D eigenvalue weighted by Crippen LogP contribution is -2.34. The molecule has 1 N–H and O–H groups in total. The third kappa shape index (κ3) is 3.11. The Morgan fingerprint density at radius 3 is 2.74 bits per heavy atom. The molecule has 0 bridgehead atoms. The Morgan fingerprint density at radius 2 is 2.21 bits per heavy atom. The molecule has 1 fully saturated rings. The molecule has 0 aliphatic heterocycles. The first-order chi connectivity index (χ1) is 9.31. The zero-order valence-electron chi connectivity index (χ0n) is 12.5. The Hall–Kier alpha value is -1.03. The van der Waals surface area contributed by atoms with Crippen molar-refractivity contribution in [2.45, 2.75) is 58.5 Å². The fraction of sp³-hybridized carbons (Fsp3) is 0.800. The molecule has 0 radical (unpaired) electrons. The molecule has 108 valence electrons. The van der Waals surface area contributed by atoms with Crippen LogP contribution in [0.2, 0.25) is 0 Å². The molecular weight excluding hydrogens is 238 g/mol. The summed E-state index contributed by atoms with van der Waals surface area (Å²) in [7, 11) is 1.74. The Bertz CT molecular complexity index is 385. The maximum absolute atomic E-state index is 5.53. The average molecular weight is 265 g/mol. The van der Waals surface area contributed by atoms with Gasteiger partial charge in [0.2, 0.25) is 0 Å². The molecule has 1 unspecified atom stereocenters. The Balaban J connectivity index is 2.24. The minimum absolute atomic E-state index is 0.401. The highest BCUT2D eigenvalue weighted by Crippen LogP contribution is 2.40. The molecule has 1 aromatic rings. The predicted molar refractivity (Wildman–Crippen MR) is 77.4 cm³/mol. The highest BCUT2D eigenvalue weighted by molar-refractivity contribution is 5.29. The number of nitrogens with zero attached hydrogens (tertiary/aromatic N) is 2. The fourth-order valence-corrected chi connectivity index (χ4v) is 2.80. The van der Waals surface area contributed by atoms with E-state index in [0.717, 1.165) is 37.6 Å². The second kappa shape index (κ2) is 6.94. The van der Waals surface area contributed by atoms with Crippen LogP contribution in [0.5, 0.6) is 5.75 Å². The summed E-state index contributed by atoms with van der Waals surface area (Å²) in [5.74, 6) is 1.68. The van der Waals surface area contributed by atoms with Crippen LogP contribution in [0.15, 0.2) is 6.20 Å². The van der Waals surface area contributed by atoms with E-state index in [1.54, 1.807) is 7.11 Å². The number of aryl methyl sites for hydroxylation is 1. The first-order valence-electron chi connectivity index (χ1n) is 7.64. The standard InChI is InChI=1S/C15H27N3O/c1-4-9-16-14(12-7-6-8-12)15-13(19-3)11-17-18(15)10-5-2/h11-12,14,16H,4-10H2,1-3H3. The molecule has 0 spiro atoms. The van der Waals surface area contributed by atoms with E-state index >= 15 is 0 Å². The van der Waals surface area contributed by atoms with Crippen LogP contribution in [0, 0.1) is 5.92 Å². The average Bonchev–Trinajstić information content (AvgIpc) is 2.75. The first kappa shape index (κ1) is 14.4. The summed E-state index contributed by atoms with van der Waals surface area (Å²) < 4.78 is 7.66. The Morgan fingerprint density at radius 1 is 1.42 bits per heavy atom. The highest BCUT2D eigenvalue weighted by atomic mass is 16.5. The van der Waals surface area contributed by atoms with Crippen molar-refractivity contribution >= 4 is 0 Å². The molecule has 1 aliphatic rings. The third-order valence-corrected chi connectivity index (χ3v) is 4.03. The van der Waals surface area contributed by atoms with Gasteiger partial charge >= 0.3 is 0 Å². The zero-order valence-corrected chi connectivity index (χ0v) is 12.5. The van der Waals surface area contributed by atoms with Crippen LogP contribution in [0.3, 0.4) is 0 Å². The number of hydrogen-bond donors (Lipinski definition) is 1. The fourth-order valence-electron chi connectivity index (χ4n) is 2.80. The van der Waals surface area contributed by atoms with Crippen molar-refractivity contribution in [1.29, 1.82) is 0 Å². The summed E-state index contributed by atoms with van der Waals surface area (Å²) in [6.45, 7) is 6.43. The normalized spacial score (nSPS) is 17.2. The van der Waals surface area contributed by atoms with Crippen LogP contribution >= 0.6 is 0 Å². The molecule has 1 atom stereocenters. The lowest BCUT2D eigenvalue weighted by Gasteiger charge is -2.35. The van der Waals surface area contributed by atoms with Gasteiger partial charge in [-0.2, -0.15) is 5.10 Å². The van der Waals surface area contributed by atoms with Crippen LogP contribution in [0.25, 0.3) is 0 Å². The maximum atomic E-state index is 5.53. The minimum Gasteiger partial charge on any atom is -0.493 e. The lowest BCUT2D eigenvalue weighted by molar-refractivity contribution is 0.217. The van der Waals surface area contributed by atoms with E-state index in [9.17, 15) is 0 Å². The molecule has 0 amide bonds. The van der Waals surface area contributed by atoms with Crippen molar-refractivity contribution in [3.63, 3.8) is 0 Å². The topological polar surface area (TPSA) is 39.1 Å². The maximum Gasteiger partial charge on any atom is 0.161 e. The molecule has 2 rings (SSSR count). The number of nitrogens with one attached hydrogen (secondary N) is 1. The molecule has 19 heavy (non-hydrogen) atoms. The van der Waals surface area contributed by atoms with E-state index in [4.69, 9.17) is 4.74 Å². The summed E-state index contributed by atoms with van der Waals surface area (Å²) in [6, 6.07) is 0.401. The molecule has 1 aliphatic carbocycles. The van der Waals surface area contributed by atoms with Gasteiger partial charge in [-0.1, -0.05) is 20.3 Å². The highest BCUT2D eigenvalue weighted by Gasteiger charge is 2.32. The van der Waals surface area contributed by atoms with Gasteiger partial charge < -0.3 is 10.1 Å². The van der Waals surface area contributed by atoms with E-state index in [0.29, 0.717) is 6.04 Å². The van der Waals surface area contributed by atoms with E-state index < -0.39 is 0 Å². The molecule has 4 nitrogen and oxygen atoms in total. The largest absolute Gasteiger partial charge is 0.493 e. The summed E-state index contributed by atoms with van der Waals surface area (Å²) in [5, 5.41) is 8.20. The monoisotopic (exact) mass is 265 g/mol. The van der Waals surface area contributed by atoms with Crippen molar-refractivity contribution < 1.29 is 4.74 Å². The van der Waals surface area contributed by atoms with E-state index in [-0.39, 0.29) is 0 Å². The lowest BCUT2D eigenvalue weighted by atomic mass is 9.78. The summed E-state index contributed by atoms with van der Waals surface area (Å²) in [4.78, 5) is 0. The van der Waals surface area contributed by atoms with Gasteiger partial charge in [-0.05, 0) is 38.1 Å². The van der Waals surface area contributed by atoms with E-state index in [1.807, 2.05) is 6.20 Å². The summed E-state index contributed by atoms with van der Waals surface area (Å²) in [6.07, 6.45) is 8.13. The minimum atomic E-state index is 0.401. The van der Waals surface area contributed by atoms with Gasteiger partial charge in [0.05, 0.1) is 25.0 Å². The second-order valence-corrected chi connectivity index (χ2v) is 5.44. The van der Waals surface area contributed by atoms with Crippen molar-refractivity contribution in [3.05, 3.63) is 11.9 Å². The summed E-state index contributed by atoms with van der Waals surface area (Å²) in [5.41, 5.74) is 1.25. The van der Waals surface area contributed by atoms with Gasteiger partial charge in [0.1, 0.15) is 0 Å². The Kier molecular flexibility index (Phi) is 5.25. The van der Waals surface area contributed by atoms with Gasteiger partial charge in [-0.25, -0.2) is 0 Å². The molecular formula is C15H27N3O. The van der Waals surface area contributed by atoms with Gasteiger partial charge in [0.15, 0.2) is 5.75 Å². The van der Waals surface area contributed by atoms with Crippen molar-refractivity contribution in [2.24, 2.45) is 5.92 Å². The van der Waals surface area contributed by atoms with Gasteiger partial charge in [-0.3, -0.25) is 4.68 Å². The van der Waals surface area contributed by atoms with Crippen LogP contribution in [0.1, 0.15) is 57.7 Å². The molecule has 4 heteroatoms. The summed E-state index contributed by atoms with van der Waals surface area (Å²) >= 11 is 0. The van der Waals surface area contributed by atoms with Crippen LogP contribution in [-0.4, -0.2) is 23.4 Å². The van der Waals surface area contributed by atoms with E-state index in [2.05, 4.69) is 28.9 Å². The van der Waals surface area contributed by atoms with Crippen LogP contribution in [-0.2, 0) is 6.54 Å². The van der Waals surface area contributed by atoms with Gasteiger partial charge in [0, 0.05) is 6.54 Å². The number of methoxy groups -OCH3 is 1. The molecule has 1 heterocycles. The number of hydrogen-bond acceptors (Lipinski definition) is 3. The van der Waals surface area contributed by atoms with Gasteiger partial charge in [0.25, 0.3) is 0 Å². The molecule has 1 saturated carbocycles. The third-order valence-electron chi connectivity index (χ3n) is 4.03. The second-order valence-electron chi connectivity index (χ2n) is 5.44. The quantitative estimate of drug-likeness (QED) is 0.785. The zero-order chi connectivity index (χ0) is 13.7. The molecule has 1 aromatic heterocycles. The first-order valence-corrected chi connectivity index (χ1v) is 7.64. The van der Waals surface area contributed by atoms with Crippen molar-refractivity contribution in [3.8, 4) is 5.75 Å². The van der Waals surface area contributed by atoms with Crippen LogP contribution in [0.4, 0.5) is 0 Å². The SMILES string of the molecule is CCCNC(c1c(OC)cnn1CCC)C1CCC1. The number of rotatable bonds is 8. The van der Waals surface area contributed by atoms with Crippen LogP contribution < -0.4 is 10.1 Å². The van der Waals surface area contributed by atoms with Crippen molar-refractivity contribution in [2.75, 3.05) is 13.7 Å². The smallest absolute Gasteiger partial charge is 0.161 e. The number of ether oxygens (including phenoxy) is 1. The van der Waals surface area contributed by atoms with Gasteiger partial charge in [-0.15, -0.1) is 0 Å². The van der Waals surface area contributed by atoms with Crippen molar-refractivity contribution in [1.82, 2.24) is 15.1 Å².